The van der Waals surface area contributed by atoms with Gasteiger partial charge in [-0.3, -0.25) is 4.79 Å². The molecule has 1 heterocycles. The molecule has 1 aliphatic carbocycles. The van der Waals surface area contributed by atoms with Crippen LogP contribution in [0.3, 0.4) is 0 Å². The summed E-state index contributed by atoms with van der Waals surface area (Å²) in [4.78, 5) is 22.8. The van der Waals surface area contributed by atoms with E-state index in [0.29, 0.717) is 24.2 Å². The first-order chi connectivity index (χ1) is 6.65. The van der Waals surface area contributed by atoms with Crippen molar-refractivity contribution in [1.82, 2.24) is 0 Å². The number of hydrogen-bond acceptors (Lipinski definition) is 4. The average Bonchev–Trinajstić information content (AvgIpc) is 2.65. The maximum absolute atomic E-state index is 11.4. The molecule has 1 saturated carbocycles. The van der Waals surface area contributed by atoms with Gasteiger partial charge in [0.05, 0.1) is 12.7 Å². The lowest BCUT2D eigenvalue weighted by Gasteiger charge is -2.08. The number of carbonyl (C=O) groups is 2. The van der Waals surface area contributed by atoms with Crippen molar-refractivity contribution in [2.75, 3.05) is 7.11 Å². The van der Waals surface area contributed by atoms with E-state index >= 15 is 0 Å². The normalized spacial score (nSPS) is 30.3. The number of carbonyl (C=O) groups excluding carboxylic acids is 2. The van der Waals surface area contributed by atoms with Crippen LogP contribution in [0.1, 0.15) is 19.8 Å². The molecule has 0 aromatic carbocycles. The molecule has 0 N–H and O–H groups in total. The minimum atomic E-state index is -0.427. The summed E-state index contributed by atoms with van der Waals surface area (Å²) < 4.78 is 10.0. The molecule has 0 spiro atoms. The molecule has 0 unspecified atom stereocenters. The van der Waals surface area contributed by atoms with E-state index in [1.54, 1.807) is 6.92 Å². The summed E-state index contributed by atoms with van der Waals surface area (Å²) in [5.41, 5.74) is 0.545. The van der Waals surface area contributed by atoms with Crippen molar-refractivity contribution < 1.29 is 19.1 Å². The number of ether oxygens (including phenoxy) is 2. The first kappa shape index (κ1) is 9.24. The second-order valence-electron chi connectivity index (χ2n) is 3.61. The highest BCUT2D eigenvalue weighted by molar-refractivity contribution is 5.95. The van der Waals surface area contributed by atoms with Gasteiger partial charge in [0, 0.05) is 12.3 Å². The Morgan fingerprint density at radius 1 is 1.57 bits per heavy atom. The fraction of sp³-hybridized carbons (Fsp3) is 0.600. The number of methoxy groups -OCH3 is 1. The predicted octanol–water partition coefficient (Wildman–Crippen LogP) is 0.811. The number of rotatable bonds is 1. The average molecular weight is 196 g/mol. The lowest BCUT2D eigenvalue weighted by atomic mass is 9.97. The minimum Gasteiger partial charge on any atom is -0.486 e. The molecule has 0 aromatic rings. The summed E-state index contributed by atoms with van der Waals surface area (Å²) >= 11 is 0. The summed E-state index contributed by atoms with van der Waals surface area (Å²) in [6, 6.07) is 0. The Morgan fingerprint density at radius 3 is 2.93 bits per heavy atom. The van der Waals surface area contributed by atoms with Gasteiger partial charge in [-0.1, -0.05) is 0 Å². The monoisotopic (exact) mass is 196 g/mol. The largest absolute Gasteiger partial charge is 0.486 e. The van der Waals surface area contributed by atoms with Crippen molar-refractivity contribution in [3.05, 3.63) is 11.3 Å². The molecular weight excluding hydrogens is 184 g/mol. The number of hydrogen-bond donors (Lipinski definition) is 0. The van der Waals surface area contributed by atoms with Gasteiger partial charge < -0.3 is 9.47 Å². The molecule has 0 saturated heterocycles. The molecule has 2 rings (SSSR count). The van der Waals surface area contributed by atoms with Crippen molar-refractivity contribution in [2.24, 2.45) is 5.92 Å². The van der Waals surface area contributed by atoms with Crippen molar-refractivity contribution in [1.29, 1.82) is 0 Å². The van der Waals surface area contributed by atoms with Crippen molar-refractivity contribution >= 4 is 11.8 Å². The third-order valence-corrected chi connectivity index (χ3v) is 2.84. The van der Waals surface area contributed by atoms with E-state index in [1.165, 1.54) is 7.11 Å². The zero-order valence-corrected chi connectivity index (χ0v) is 8.20. The Hall–Kier alpha value is -1.32. The van der Waals surface area contributed by atoms with Gasteiger partial charge in [-0.05, 0) is 13.3 Å². The van der Waals surface area contributed by atoms with Crippen LogP contribution in [0.5, 0.6) is 0 Å². The van der Waals surface area contributed by atoms with Gasteiger partial charge in [0.1, 0.15) is 5.76 Å². The van der Waals surface area contributed by atoms with E-state index in [0.717, 1.165) is 0 Å². The molecule has 4 nitrogen and oxygen atoms in total. The second kappa shape index (κ2) is 3.12. The Bertz CT molecular complexity index is 329. The Morgan fingerprint density at radius 2 is 2.29 bits per heavy atom. The minimum absolute atomic E-state index is 0.0741. The van der Waals surface area contributed by atoms with Crippen LogP contribution in [0.15, 0.2) is 11.3 Å². The van der Waals surface area contributed by atoms with Crippen molar-refractivity contribution in [3.63, 3.8) is 0 Å². The van der Waals surface area contributed by atoms with Crippen LogP contribution in [0.2, 0.25) is 0 Å². The Labute approximate surface area is 81.9 Å². The highest BCUT2D eigenvalue weighted by Gasteiger charge is 2.46. The molecule has 76 valence electrons. The van der Waals surface area contributed by atoms with Crippen molar-refractivity contribution in [3.8, 4) is 0 Å². The molecule has 2 atom stereocenters. The van der Waals surface area contributed by atoms with E-state index in [9.17, 15) is 9.59 Å². The summed E-state index contributed by atoms with van der Waals surface area (Å²) in [5.74, 6) is 0.188. The van der Waals surface area contributed by atoms with Gasteiger partial charge in [-0.2, -0.15) is 0 Å². The van der Waals surface area contributed by atoms with Gasteiger partial charge in [0.2, 0.25) is 0 Å². The van der Waals surface area contributed by atoms with Gasteiger partial charge >= 0.3 is 5.97 Å². The molecule has 1 aliphatic heterocycles. The lowest BCUT2D eigenvalue weighted by Crippen LogP contribution is -2.21. The number of allylic oxidation sites excluding steroid dienone is 1. The van der Waals surface area contributed by atoms with Crippen LogP contribution in [0, 0.1) is 5.92 Å². The highest BCUT2D eigenvalue weighted by atomic mass is 16.5. The van der Waals surface area contributed by atoms with E-state index < -0.39 is 6.10 Å². The van der Waals surface area contributed by atoms with Crippen LogP contribution in [0.4, 0.5) is 0 Å². The van der Waals surface area contributed by atoms with Crippen LogP contribution < -0.4 is 0 Å². The van der Waals surface area contributed by atoms with Crippen LogP contribution in [0.25, 0.3) is 0 Å². The molecule has 0 radical (unpaired) electrons. The molecule has 2 aliphatic rings. The molecule has 0 amide bonds. The fourth-order valence-electron chi connectivity index (χ4n) is 2.18. The first-order valence-corrected chi connectivity index (χ1v) is 4.63. The number of ketones is 1. The van der Waals surface area contributed by atoms with Gasteiger partial charge in [-0.25, -0.2) is 4.79 Å². The Kier molecular flexibility index (Phi) is 2.06. The highest BCUT2D eigenvalue weighted by Crippen LogP contribution is 2.40. The van der Waals surface area contributed by atoms with Crippen LogP contribution >= 0.6 is 0 Å². The standard InChI is InChI=1S/C10H12O4/c1-5-8(10(12)13-2)6-3-4-7(11)9(6)14-5/h6,9H,3-4H2,1-2H3/t6-,9+/m0/s1. The zero-order valence-electron chi connectivity index (χ0n) is 8.20. The molecule has 14 heavy (non-hydrogen) atoms. The second-order valence-corrected chi connectivity index (χ2v) is 3.61. The molecule has 4 heteroatoms. The summed E-state index contributed by atoms with van der Waals surface area (Å²) in [6.45, 7) is 1.71. The van der Waals surface area contributed by atoms with Gasteiger partial charge in [0.25, 0.3) is 0 Å². The lowest BCUT2D eigenvalue weighted by molar-refractivity contribution is -0.136. The molecule has 1 fully saturated rings. The SMILES string of the molecule is COC(=O)C1=C(C)O[C@H]2C(=O)CC[C@@H]12. The zero-order chi connectivity index (χ0) is 10.3. The molecular formula is C10H12O4. The van der Waals surface area contributed by atoms with Crippen LogP contribution in [-0.2, 0) is 19.1 Å². The number of Topliss-reactive ketones (excluding diaryl/α,β-unsaturated/α-hetero) is 1. The number of fused-ring (bicyclic) bond motifs is 1. The van der Waals surface area contributed by atoms with E-state index in [-0.39, 0.29) is 17.7 Å². The van der Waals surface area contributed by atoms with Crippen LogP contribution in [-0.4, -0.2) is 25.0 Å². The Balaban J connectivity index is 2.28. The molecule has 0 bridgehead atoms. The van der Waals surface area contributed by atoms with Gasteiger partial charge in [0.15, 0.2) is 11.9 Å². The summed E-state index contributed by atoms with van der Waals surface area (Å²) in [7, 11) is 1.34. The topological polar surface area (TPSA) is 52.6 Å². The number of esters is 1. The van der Waals surface area contributed by atoms with Crippen molar-refractivity contribution in [2.45, 2.75) is 25.9 Å². The predicted molar refractivity (Wildman–Crippen MR) is 47.3 cm³/mol. The smallest absolute Gasteiger partial charge is 0.337 e. The van der Waals surface area contributed by atoms with E-state index in [1.807, 2.05) is 0 Å². The van der Waals surface area contributed by atoms with Gasteiger partial charge in [-0.15, -0.1) is 0 Å². The first-order valence-electron chi connectivity index (χ1n) is 4.63. The summed E-state index contributed by atoms with van der Waals surface area (Å²) in [6.07, 6.45) is 0.776. The third-order valence-electron chi connectivity index (χ3n) is 2.84. The van der Waals surface area contributed by atoms with E-state index in [2.05, 4.69) is 4.74 Å². The quantitative estimate of drug-likeness (QED) is 0.582. The fourth-order valence-corrected chi connectivity index (χ4v) is 2.18. The maximum Gasteiger partial charge on any atom is 0.337 e. The molecule has 0 aromatic heterocycles. The van der Waals surface area contributed by atoms with E-state index in [4.69, 9.17) is 4.74 Å². The third kappa shape index (κ3) is 1.14. The summed E-state index contributed by atoms with van der Waals surface area (Å²) in [5, 5.41) is 0. The maximum atomic E-state index is 11.4.